The number of nitrogens with one attached hydrogen (secondary N) is 1. The number of hydrogen-bond donors (Lipinski definition) is 1. The first-order chi connectivity index (χ1) is 15.0. The number of carbonyl (C=O) groups is 3. The number of fused-ring (bicyclic) bond motifs is 1. The number of hydrogen-bond acceptors (Lipinski definition) is 4. The molecule has 1 aliphatic heterocycles. The third-order valence-corrected chi connectivity index (χ3v) is 6.01. The predicted octanol–water partition coefficient (Wildman–Crippen LogP) is 3.70. The molecular formula is C24H25FN2O4. The number of carbonyl (C=O) groups excluding carboxylic acids is 3. The van der Waals surface area contributed by atoms with E-state index in [1.165, 1.54) is 24.3 Å². The molecule has 6 nitrogen and oxygen atoms in total. The van der Waals surface area contributed by atoms with Gasteiger partial charge >= 0.3 is 5.97 Å². The van der Waals surface area contributed by atoms with Crippen molar-refractivity contribution in [2.24, 2.45) is 11.8 Å². The zero-order chi connectivity index (χ0) is 21.8. The van der Waals surface area contributed by atoms with E-state index in [1.807, 2.05) is 24.3 Å². The van der Waals surface area contributed by atoms with Gasteiger partial charge in [-0.2, -0.15) is 0 Å². The standard InChI is InChI=1S/C24H25FN2O4/c25-17-9-11-18(12-10-17)26-22(28)15-31-24(30)20-7-3-2-6-19(20)23(29)27-14-13-16-5-1-4-8-21(16)27/h1,4-5,8-12,19-20H,2-3,6-7,13-15H2,(H,26,28). The van der Waals surface area contributed by atoms with Crippen LogP contribution in [0.3, 0.4) is 0 Å². The summed E-state index contributed by atoms with van der Waals surface area (Å²) in [5.41, 5.74) is 2.48. The molecule has 2 atom stereocenters. The lowest BCUT2D eigenvalue weighted by Crippen LogP contribution is -2.42. The van der Waals surface area contributed by atoms with Gasteiger partial charge in [-0.05, 0) is 55.2 Å². The number of benzene rings is 2. The van der Waals surface area contributed by atoms with Gasteiger partial charge < -0.3 is 15.0 Å². The van der Waals surface area contributed by atoms with Gasteiger partial charge in [-0.15, -0.1) is 0 Å². The molecule has 1 aliphatic carbocycles. The third-order valence-electron chi connectivity index (χ3n) is 6.01. The molecule has 31 heavy (non-hydrogen) atoms. The Kier molecular flexibility index (Phi) is 6.30. The fourth-order valence-corrected chi connectivity index (χ4v) is 4.45. The van der Waals surface area contributed by atoms with Gasteiger partial charge in [-0.25, -0.2) is 4.39 Å². The number of halogens is 1. The molecule has 0 saturated heterocycles. The molecule has 1 N–H and O–H groups in total. The van der Waals surface area contributed by atoms with Crippen LogP contribution in [0.15, 0.2) is 48.5 Å². The topological polar surface area (TPSA) is 75.7 Å². The summed E-state index contributed by atoms with van der Waals surface area (Å²) < 4.78 is 18.2. The van der Waals surface area contributed by atoms with Crippen molar-refractivity contribution in [3.63, 3.8) is 0 Å². The molecule has 1 heterocycles. The van der Waals surface area contributed by atoms with E-state index >= 15 is 0 Å². The van der Waals surface area contributed by atoms with Crippen LogP contribution in [0.2, 0.25) is 0 Å². The van der Waals surface area contributed by atoms with Gasteiger partial charge in [0.1, 0.15) is 5.82 Å². The molecule has 2 aliphatic rings. The molecule has 2 aromatic rings. The lowest BCUT2D eigenvalue weighted by molar-refractivity contribution is -0.156. The van der Waals surface area contributed by atoms with Gasteiger partial charge in [-0.3, -0.25) is 14.4 Å². The van der Waals surface area contributed by atoms with Crippen LogP contribution < -0.4 is 10.2 Å². The van der Waals surface area contributed by atoms with Crippen molar-refractivity contribution >= 4 is 29.2 Å². The molecule has 1 saturated carbocycles. The van der Waals surface area contributed by atoms with Crippen molar-refractivity contribution in [1.82, 2.24) is 0 Å². The van der Waals surface area contributed by atoms with E-state index in [4.69, 9.17) is 4.74 Å². The monoisotopic (exact) mass is 424 g/mol. The van der Waals surface area contributed by atoms with Crippen molar-refractivity contribution < 1.29 is 23.5 Å². The lowest BCUT2D eigenvalue weighted by Gasteiger charge is -2.32. The lowest BCUT2D eigenvalue weighted by atomic mass is 9.78. The van der Waals surface area contributed by atoms with Crippen molar-refractivity contribution in [3.05, 3.63) is 59.9 Å². The van der Waals surface area contributed by atoms with E-state index in [1.54, 1.807) is 4.90 Å². The quantitative estimate of drug-likeness (QED) is 0.743. The summed E-state index contributed by atoms with van der Waals surface area (Å²) >= 11 is 0. The van der Waals surface area contributed by atoms with Crippen LogP contribution in [0.25, 0.3) is 0 Å². The molecule has 0 spiro atoms. The Hall–Kier alpha value is -3.22. The highest BCUT2D eigenvalue weighted by Gasteiger charge is 2.40. The Labute approximate surface area is 180 Å². The van der Waals surface area contributed by atoms with E-state index in [0.29, 0.717) is 25.1 Å². The van der Waals surface area contributed by atoms with Crippen molar-refractivity contribution in [2.45, 2.75) is 32.1 Å². The third kappa shape index (κ3) is 4.76. The van der Waals surface area contributed by atoms with Crippen molar-refractivity contribution in [1.29, 1.82) is 0 Å². The maximum absolute atomic E-state index is 13.3. The molecule has 162 valence electrons. The first-order valence-corrected chi connectivity index (χ1v) is 10.6. The van der Waals surface area contributed by atoms with Crippen molar-refractivity contribution in [3.8, 4) is 0 Å². The minimum absolute atomic E-state index is 0.0395. The first kappa shape index (κ1) is 21.0. The number of anilines is 2. The Balaban J connectivity index is 1.37. The smallest absolute Gasteiger partial charge is 0.310 e. The largest absolute Gasteiger partial charge is 0.455 e. The van der Waals surface area contributed by atoms with Gasteiger partial charge in [0.05, 0.1) is 11.8 Å². The highest BCUT2D eigenvalue weighted by Crippen LogP contribution is 2.36. The molecule has 7 heteroatoms. The number of rotatable bonds is 5. The molecule has 0 radical (unpaired) electrons. The Morgan fingerprint density at radius 1 is 1.00 bits per heavy atom. The number of nitrogens with zero attached hydrogens (tertiary/aromatic N) is 1. The number of ether oxygens (including phenoxy) is 1. The van der Waals surface area contributed by atoms with Crippen LogP contribution in [0.5, 0.6) is 0 Å². The van der Waals surface area contributed by atoms with E-state index in [9.17, 15) is 18.8 Å². The molecule has 0 aromatic heterocycles. The summed E-state index contributed by atoms with van der Waals surface area (Å²) in [6.45, 7) is 0.177. The zero-order valence-electron chi connectivity index (χ0n) is 17.2. The average Bonchev–Trinajstić information content (AvgIpc) is 3.23. The van der Waals surface area contributed by atoms with Crippen molar-refractivity contribution in [2.75, 3.05) is 23.4 Å². The highest BCUT2D eigenvalue weighted by atomic mass is 19.1. The van der Waals surface area contributed by atoms with Gasteiger partial charge in [-0.1, -0.05) is 31.0 Å². The van der Waals surface area contributed by atoms with E-state index in [0.717, 1.165) is 30.5 Å². The molecule has 2 unspecified atom stereocenters. The van der Waals surface area contributed by atoms with Gasteiger partial charge in [0, 0.05) is 17.9 Å². The maximum atomic E-state index is 13.3. The Bertz CT molecular complexity index is 976. The van der Waals surface area contributed by atoms with Crippen LogP contribution in [-0.2, 0) is 25.5 Å². The van der Waals surface area contributed by atoms with E-state index in [2.05, 4.69) is 5.32 Å². The van der Waals surface area contributed by atoms with Crippen LogP contribution in [0.4, 0.5) is 15.8 Å². The second-order valence-corrected chi connectivity index (χ2v) is 8.03. The zero-order valence-corrected chi connectivity index (χ0v) is 17.2. The van der Waals surface area contributed by atoms with Crippen LogP contribution >= 0.6 is 0 Å². The maximum Gasteiger partial charge on any atom is 0.310 e. The second kappa shape index (κ2) is 9.29. The minimum atomic E-state index is -0.548. The van der Waals surface area contributed by atoms with Crippen LogP contribution in [0.1, 0.15) is 31.2 Å². The summed E-state index contributed by atoms with van der Waals surface area (Å²) in [6, 6.07) is 13.2. The summed E-state index contributed by atoms with van der Waals surface area (Å²) in [4.78, 5) is 39.9. The first-order valence-electron chi connectivity index (χ1n) is 10.6. The minimum Gasteiger partial charge on any atom is -0.455 e. The summed E-state index contributed by atoms with van der Waals surface area (Å²) in [7, 11) is 0. The van der Waals surface area contributed by atoms with Gasteiger partial charge in [0.15, 0.2) is 6.61 Å². The molecule has 4 rings (SSSR count). The van der Waals surface area contributed by atoms with Crippen LogP contribution in [-0.4, -0.2) is 30.9 Å². The predicted molar refractivity (Wildman–Crippen MR) is 114 cm³/mol. The molecular weight excluding hydrogens is 399 g/mol. The number of amides is 2. The number of esters is 1. The molecule has 2 amide bonds. The normalized spacial score (nSPS) is 20.1. The highest BCUT2D eigenvalue weighted by molar-refractivity contribution is 5.99. The molecule has 0 bridgehead atoms. The Morgan fingerprint density at radius 2 is 1.71 bits per heavy atom. The summed E-state index contributed by atoms with van der Waals surface area (Å²) in [5.74, 6) is -2.45. The fourth-order valence-electron chi connectivity index (χ4n) is 4.45. The van der Waals surface area contributed by atoms with E-state index < -0.39 is 36.1 Å². The molecule has 2 aromatic carbocycles. The second-order valence-electron chi connectivity index (χ2n) is 8.03. The van der Waals surface area contributed by atoms with Gasteiger partial charge in [0.25, 0.3) is 5.91 Å². The average molecular weight is 424 g/mol. The summed E-state index contributed by atoms with van der Waals surface area (Å²) in [5, 5.41) is 2.56. The number of para-hydroxylation sites is 1. The van der Waals surface area contributed by atoms with Crippen LogP contribution in [0, 0.1) is 17.7 Å². The fraction of sp³-hybridized carbons (Fsp3) is 0.375. The molecule has 1 fully saturated rings. The van der Waals surface area contributed by atoms with E-state index in [-0.39, 0.29) is 5.91 Å². The SMILES string of the molecule is O=C(COC(=O)C1CCCCC1C(=O)N1CCc2ccccc21)Nc1ccc(F)cc1. The Morgan fingerprint density at radius 3 is 2.48 bits per heavy atom. The van der Waals surface area contributed by atoms with Gasteiger partial charge in [0.2, 0.25) is 5.91 Å². The summed E-state index contributed by atoms with van der Waals surface area (Å²) in [6.07, 6.45) is 3.76.